The molecule has 0 saturated heterocycles. The lowest BCUT2D eigenvalue weighted by Gasteiger charge is -2.11. The number of methoxy groups -OCH3 is 1. The normalized spacial score (nSPS) is 12.7. The van der Waals surface area contributed by atoms with Crippen molar-refractivity contribution in [2.24, 2.45) is 0 Å². The van der Waals surface area contributed by atoms with Crippen molar-refractivity contribution in [1.29, 1.82) is 0 Å². The lowest BCUT2D eigenvalue weighted by molar-refractivity contribution is 0.0600. The van der Waals surface area contributed by atoms with Gasteiger partial charge in [0.05, 0.1) is 18.4 Å². The molecular weight excluding hydrogens is 456 g/mol. The number of esters is 1. The van der Waals surface area contributed by atoms with E-state index in [2.05, 4.69) is 30.9 Å². The number of nitrogens with zero attached hydrogens (tertiary/aromatic N) is 3. The largest absolute Gasteiger partial charge is 0.465 e. The highest BCUT2D eigenvalue weighted by Gasteiger charge is 2.26. The zero-order valence-corrected chi connectivity index (χ0v) is 19.8. The summed E-state index contributed by atoms with van der Waals surface area (Å²) < 4.78 is 4.81. The molecule has 11 heteroatoms. The fourth-order valence-electron chi connectivity index (χ4n) is 3.27. The zero-order valence-electron chi connectivity index (χ0n) is 19.0. The Morgan fingerprint density at radius 2 is 1.94 bits per heavy atom. The van der Waals surface area contributed by atoms with E-state index in [4.69, 9.17) is 4.74 Å². The lowest BCUT2D eigenvalue weighted by Crippen LogP contribution is -2.28. The first-order valence-electron chi connectivity index (χ1n) is 10.8. The van der Waals surface area contributed by atoms with Crippen LogP contribution in [0.25, 0.3) is 21.7 Å². The molecular formula is C23H24N6O4S. The second-order valence-corrected chi connectivity index (χ2v) is 8.73. The second-order valence-electron chi connectivity index (χ2n) is 7.73. The van der Waals surface area contributed by atoms with Crippen molar-refractivity contribution in [1.82, 2.24) is 25.6 Å². The molecule has 176 valence electrons. The van der Waals surface area contributed by atoms with Crippen molar-refractivity contribution in [2.45, 2.75) is 32.7 Å². The molecule has 0 aromatic carbocycles. The van der Waals surface area contributed by atoms with Gasteiger partial charge < -0.3 is 15.4 Å². The molecule has 3 amide bonds. The number of pyridine rings is 2. The van der Waals surface area contributed by atoms with Gasteiger partial charge in [0.1, 0.15) is 15.7 Å². The van der Waals surface area contributed by atoms with Crippen LogP contribution in [0.1, 0.15) is 45.5 Å². The summed E-state index contributed by atoms with van der Waals surface area (Å²) in [4.78, 5) is 50.4. The number of nitrogens with one attached hydrogen (secondary N) is 3. The highest BCUT2D eigenvalue weighted by atomic mass is 32.1. The zero-order chi connectivity index (χ0) is 24.2. The number of ether oxygens (including phenoxy) is 1. The van der Waals surface area contributed by atoms with Crippen molar-refractivity contribution in [3.63, 3.8) is 0 Å². The Morgan fingerprint density at radius 3 is 2.65 bits per heavy atom. The molecule has 0 radical (unpaired) electrons. The molecule has 1 aliphatic carbocycles. The highest BCUT2D eigenvalue weighted by Crippen LogP contribution is 2.37. The van der Waals surface area contributed by atoms with Gasteiger partial charge in [-0.2, -0.15) is 0 Å². The van der Waals surface area contributed by atoms with Crippen LogP contribution < -0.4 is 16.0 Å². The quantitative estimate of drug-likeness (QED) is 0.441. The van der Waals surface area contributed by atoms with E-state index in [9.17, 15) is 14.4 Å². The van der Waals surface area contributed by atoms with Crippen molar-refractivity contribution in [3.8, 4) is 21.7 Å². The number of anilines is 1. The number of aryl methyl sites for hydroxylation is 1. The Morgan fingerprint density at radius 1 is 1.15 bits per heavy atom. The van der Waals surface area contributed by atoms with Crippen LogP contribution in [0.3, 0.4) is 0 Å². The maximum absolute atomic E-state index is 12.7. The van der Waals surface area contributed by atoms with Crippen LogP contribution in [0.15, 0.2) is 30.7 Å². The molecule has 0 bridgehead atoms. The van der Waals surface area contributed by atoms with Gasteiger partial charge in [-0.1, -0.05) is 0 Å². The Labute approximate surface area is 200 Å². The minimum absolute atomic E-state index is 0.144. The molecule has 0 atom stereocenters. The topological polar surface area (TPSA) is 135 Å². The highest BCUT2D eigenvalue weighted by molar-refractivity contribution is 7.17. The number of hydrogen-bond donors (Lipinski definition) is 3. The molecule has 1 aliphatic rings. The van der Waals surface area contributed by atoms with Crippen molar-refractivity contribution in [2.75, 3.05) is 19.0 Å². The Kier molecular flexibility index (Phi) is 6.82. The molecule has 3 aromatic rings. The first-order chi connectivity index (χ1) is 16.4. The van der Waals surface area contributed by atoms with Gasteiger partial charge in [-0.25, -0.2) is 19.6 Å². The van der Waals surface area contributed by atoms with Crippen LogP contribution in [0.4, 0.5) is 10.6 Å². The van der Waals surface area contributed by atoms with E-state index in [0.717, 1.165) is 12.8 Å². The molecule has 0 spiro atoms. The number of thiazole rings is 1. The first kappa shape index (κ1) is 23.3. The molecule has 3 aromatic heterocycles. The van der Waals surface area contributed by atoms with Crippen molar-refractivity contribution >= 4 is 35.1 Å². The predicted octanol–water partition coefficient (Wildman–Crippen LogP) is 3.40. The van der Waals surface area contributed by atoms with Crippen molar-refractivity contribution in [3.05, 3.63) is 46.9 Å². The van der Waals surface area contributed by atoms with Crippen LogP contribution in [0, 0.1) is 6.92 Å². The molecule has 0 aliphatic heterocycles. The Hall–Kier alpha value is -3.86. The summed E-state index contributed by atoms with van der Waals surface area (Å²) in [5.74, 6) is -0.337. The van der Waals surface area contributed by atoms with Crippen LogP contribution in [0.2, 0.25) is 0 Å². The van der Waals surface area contributed by atoms with E-state index in [1.807, 2.05) is 6.92 Å². The van der Waals surface area contributed by atoms with Gasteiger partial charge in [-0.3, -0.25) is 15.1 Å². The van der Waals surface area contributed by atoms with Gasteiger partial charge in [0, 0.05) is 47.9 Å². The predicted molar refractivity (Wildman–Crippen MR) is 128 cm³/mol. The van der Waals surface area contributed by atoms with Crippen LogP contribution in [-0.2, 0) is 4.74 Å². The van der Waals surface area contributed by atoms with Crippen LogP contribution >= 0.6 is 11.3 Å². The Balaban J connectivity index is 1.78. The summed E-state index contributed by atoms with van der Waals surface area (Å²) in [6, 6.07) is 3.19. The number of urea groups is 1. The third kappa shape index (κ3) is 5.20. The van der Waals surface area contributed by atoms with Crippen LogP contribution in [0.5, 0.6) is 0 Å². The average Bonchev–Trinajstić information content (AvgIpc) is 3.56. The third-order valence-electron chi connectivity index (χ3n) is 5.10. The van der Waals surface area contributed by atoms with Gasteiger partial charge in [0.2, 0.25) is 0 Å². The lowest BCUT2D eigenvalue weighted by atomic mass is 10.0. The molecule has 34 heavy (non-hydrogen) atoms. The maximum atomic E-state index is 12.7. The number of hydrogen-bond acceptors (Lipinski definition) is 8. The molecule has 4 rings (SSSR count). The number of aromatic nitrogens is 3. The van der Waals surface area contributed by atoms with Gasteiger partial charge >= 0.3 is 12.0 Å². The molecule has 10 nitrogen and oxygen atoms in total. The molecule has 3 heterocycles. The fourth-order valence-corrected chi connectivity index (χ4v) is 4.27. The van der Waals surface area contributed by atoms with E-state index < -0.39 is 5.97 Å². The first-order valence-corrected chi connectivity index (χ1v) is 11.6. The molecule has 3 N–H and O–H groups in total. The van der Waals surface area contributed by atoms with Gasteiger partial charge in [-0.15, -0.1) is 11.3 Å². The summed E-state index contributed by atoms with van der Waals surface area (Å²) in [5.41, 5.74) is 2.80. The summed E-state index contributed by atoms with van der Waals surface area (Å²) in [6.07, 6.45) is 6.58. The summed E-state index contributed by atoms with van der Waals surface area (Å²) in [5, 5.41) is 8.93. The van der Waals surface area contributed by atoms with E-state index >= 15 is 0 Å². The van der Waals surface area contributed by atoms with Crippen LogP contribution in [-0.4, -0.2) is 52.6 Å². The minimum Gasteiger partial charge on any atom is -0.465 e. The SMILES string of the molecule is CCNC(=O)Nc1cc(-c2nc(C)c(C(=O)NC3CC3)s2)c(-c2cncc(C(=O)OC)c2)cn1. The number of rotatable bonds is 7. The van der Waals surface area contributed by atoms with E-state index in [0.29, 0.717) is 44.6 Å². The van der Waals surface area contributed by atoms with Gasteiger partial charge in [0.25, 0.3) is 5.91 Å². The summed E-state index contributed by atoms with van der Waals surface area (Å²) in [6.45, 7) is 4.07. The third-order valence-corrected chi connectivity index (χ3v) is 6.29. The second kappa shape index (κ2) is 9.96. The van der Waals surface area contributed by atoms with Crippen molar-refractivity contribution < 1.29 is 19.1 Å². The van der Waals surface area contributed by atoms with Gasteiger partial charge in [-0.05, 0) is 38.8 Å². The maximum Gasteiger partial charge on any atom is 0.339 e. The number of carbonyl (C=O) groups excluding carboxylic acids is 3. The van der Waals surface area contributed by atoms with E-state index in [-0.39, 0.29) is 23.5 Å². The van der Waals surface area contributed by atoms with Gasteiger partial charge in [0.15, 0.2) is 0 Å². The smallest absolute Gasteiger partial charge is 0.339 e. The summed E-state index contributed by atoms with van der Waals surface area (Å²) in [7, 11) is 1.30. The Bertz CT molecular complexity index is 1250. The average molecular weight is 481 g/mol. The molecule has 1 saturated carbocycles. The summed E-state index contributed by atoms with van der Waals surface area (Å²) >= 11 is 1.26. The number of carbonyl (C=O) groups is 3. The standard InChI is InChI=1S/C23H24N6O4S/c1-4-25-23(32)29-18-8-16(21-27-12(2)19(34-21)20(30)28-15-5-6-15)17(11-26-18)13-7-14(10-24-9-13)22(31)33-3/h7-11,15H,4-6H2,1-3H3,(H,28,30)(H2,25,26,29,32). The number of amides is 3. The minimum atomic E-state index is -0.512. The monoisotopic (exact) mass is 480 g/mol. The van der Waals surface area contributed by atoms with E-state index in [1.54, 1.807) is 31.5 Å². The van der Waals surface area contributed by atoms with E-state index in [1.165, 1.54) is 24.6 Å². The fraction of sp³-hybridized carbons (Fsp3) is 0.304. The molecule has 1 fully saturated rings. The molecule has 0 unspecified atom stereocenters.